The maximum absolute atomic E-state index is 4.19. The maximum Gasteiger partial charge on any atom is 0.0948 e. The molecule has 0 radical (unpaired) electrons. The van der Waals surface area contributed by atoms with E-state index in [4.69, 9.17) is 0 Å². The SMILES string of the molecule is CCCn1cncc1CNc1cccc(C)c1. The van der Waals surface area contributed by atoms with E-state index in [-0.39, 0.29) is 0 Å². The van der Waals surface area contributed by atoms with Crippen molar-refractivity contribution in [3.05, 3.63) is 48.0 Å². The zero-order valence-corrected chi connectivity index (χ0v) is 10.5. The third kappa shape index (κ3) is 3.09. The minimum Gasteiger partial charge on any atom is -0.379 e. The highest BCUT2D eigenvalue weighted by Gasteiger charge is 2.00. The zero-order chi connectivity index (χ0) is 12.1. The van der Waals surface area contributed by atoms with E-state index < -0.39 is 0 Å². The Hall–Kier alpha value is -1.77. The highest BCUT2D eigenvalue weighted by Crippen LogP contribution is 2.11. The van der Waals surface area contributed by atoms with Gasteiger partial charge in [0.05, 0.1) is 18.6 Å². The fourth-order valence-corrected chi connectivity index (χ4v) is 1.89. The number of rotatable bonds is 5. The van der Waals surface area contributed by atoms with Crippen LogP contribution in [-0.4, -0.2) is 9.55 Å². The molecule has 0 aliphatic heterocycles. The number of hydrogen-bond donors (Lipinski definition) is 1. The summed E-state index contributed by atoms with van der Waals surface area (Å²) in [7, 11) is 0. The monoisotopic (exact) mass is 229 g/mol. The Kier molecular flexibility index (Phi) is 3.81. The largest absolute Gasteiger partial charge is 0.379 e. The smallest absolute Gasteiger partial charge is 0.0948 e. The summed E-state index contributed by atoms with van der Waals surface area (Å²) in [5, 5.41) is 3.43. The molecule has 0 spiro atoms. The highest BCUT2D eigenvalue weighted by atomic mass is 15.1. The van der Waals surface area contributed by atoms with Crippen molar-refractivity contribution in [3.63, 3.8) is 0 Å². The van der Waals surface area contributed by atoms with Crippen LogP contribution in [-0.2, 0) is 13.1 Å². The van der Waals surface area contributed by atoms with E-state index in [2.05, 4.69) is 53.0 Å². The van der Waals surface area contributed by atoms with Gasteiger partial charge in [0.15, 0.2) is 0 Å². The number of aromatic nitrogens is 2. The summed E-state index contributed by atoms with van der Waals surface area (Å²) in [5.74, 6) is 0. The Morgan fingerprint density at radius 3 is 3.00 bits per heavy atom. The second kappa shape index (κ2) is 5.53. The third-order valence-corrected chi connectivity index (χ3v) is 2.75. The number of nitrogens with zero attached hydrogens (tertiary/aromatic N) is 2. The van der Waals surface area contributed by atoms with Crippen LogP contribution in [0.5, 0.6) is 0 Å². The standard InChI is InChI=1S/C14H19N3/c1-3-7-17-11-15-9-14(17)10-16-13-6-4-5-12(2)8-13/h4-6,8-9,11,16H,3,7,10H2,1-2H3. The van der Waals surface area contributed by atoms with Gasteiger partial charge < -0.3 is 9.88 Å². The van der Waals surface area contributed by atoms with Crippen molar-refractivity contribution < 1.29 is 0 Å². The van der Waals surface area contributed by atoms with Gasteiger partial charge in [-0.1, -0.05) is 19.1 Å². The summed E-state index contributed by atoms with van der Waals surface area (Å²) >= 11 is 0. The predicted molar refractivity (Wildman–Crippen MR) is 71.0 cm³/mol. The molecule has 1 N–H and O–H groups in total. The molecule has 2 rings (SSSR count). The molecule has 0 amide bonds. The molecule has 2 aromatic rings. The first-order chi connectivity index (χ1) is 8.29. The molecule has 3 heteroatoms. The molecular weight excluding hydrogens is 210 g/mol. The van der Waals surface area contributed by atoms with Crippen LogP contribution in [0.4, 0.5) is 5.69 Å². The van der Waals surface area contributed by atoms with Gasteiger partial charge in [-0.05, 0) is 31.0 Å². The van der Waals surface area contributed by atoms with Crippen LogP contribution < -0.4 is 5.32 Å². The molecular formula is C14H19N3. The molecule has 0 unspecified atom stereocenters. The molecule has 0 atom stereocenters. The maximum atomic E-state index is 4.19. The molecule has 1 heterocycles. The van der Waals surface area contributed by atoms with Gasteiger partial charge in [0.1, 0.15) is 0 Å². The van der Waals surface area contributed by atoms with Crippen molar-refractivity contribution in [1.29, 1.82) is 0 Å². The summed E-state index contributed by atoms with van der Waals surface area (Å²) in [6.07, 6.45) is 4.96. The third-order valence-electron chi connectivity index (χ3n) is 2.75. The second-order valence-corrected chi connectivity index (χ2v) is 4.30. The highest BCUT2D eigenvalue weighted by molar-refractivity contribution is 5.45. The van der Waals surface area contributed by atoms with E-state index in [9.17, 15) is 0 Å². The average Bonchev–Trinajstić information content (AvgIpc) is 2.75. The van der Waals surface area contributed by atoms with Gasteiger partial charge in [-0.3, -0.25) is 0 Å². The number of imidazole rings is 1. The van der Waals surface area contributed by atoms with Gasteiger partial charge in [0.25, 0.3) is 0 Å². The van der Waals surface area contributed by atoms with Crippen LogP contribution in [0.2, 0.25) is 0 Å². The van der Waals surface area contributed by atoms with Gasteiger partial charge >= 0.3 is 0 Å². The molecule has 0 fully saturated rings. The number of anilines is 1. The molecule has 17 heavy (non-hydrogen) atoms. The van der Waals surface area contributed by atoms with E-state index in [1.807, 2.05) is 12.5 Å². The normalized spacial score (nSPS) is 10.5. The lowest BCUT2D eigenvalue weighted by Crippen LogP contribution is -2.06. The van der Waals surface area contributed by atoms with Crippen LogP contribution in [0.3, 0.4) is 0 Å². The van der Waals surface area contributed by atoms with Crippen molar-refractivity contribution in [3.8, 4) is 0 Å². The van der Waals surface area contributed by atoms with Crippen LogP contribution in [0.1, 0.15) is 24.6 Å². The van der Waals surface area contributed by atoms with E-state index >= 15 is 0 Å². The molecule has 0 saturated heterocycles. The Balaban J connectivity index is 1.99. The van der Waals surface area contributed by atoms with Crippen LogP contribution in [0.15, 0.2) is 36.8 Å². The fourth-order valence-electron chi connectivity index (χ4n) is 1.89. The second-order valence-electron chi connectivity index (χ2n) is 4.30. The zero-order valence-electron chi connectivity index (χ0n) is 10.5. The Morgan fingerprint density at radius 2 is 2.24 bits per heavy atom. The number of nitrogens with one attached hydrogen (secondary N) is 1. The van der Waals surface area contributed by atoms with Gasteiger partial charge in [-0.25, -0.2) is 4.98 Å². The molecule has 0 bridgehead atoms. The quantitative estimate of drug-likeness (QED) is 0.853. The van der Waals surface area contributed by atoms with Gasteiger partial charge in [-0.2, -0.15) is 0 Å². The molecule has 3 nitrogen and oxygen atoms in total. The van der Waals surface area contributed by atoms with E-state index in [0.29, 0.717) is 0 Å². The predicted octanol–water partition coefficient (Wildman–Crippen LogP) is 3.21. The molecule has 90 valence electrons. The van der Waals surface area contributed by atoms with Gasteiger partial charge in [0.2, 0.25) is 0 Å². The number of hydrogen-bond acceptors (Lipinski definition) is 2. The first-order valence-corrected chi connectivity index (χ1v) is 6.09. The van der Waals surface area contributed by atoms with E-state index in [1.165, 1.54) is 11.3 Å². The van der Waals surface area contributed by atoms with Crippen molar-refractivity contribution in [2.24, 2.45) is 0 Å². The van der Waals surface area contributed by atoms with Crippen molar-refractivity contribution in [2.75, 3.05) is 5.32 Å². The summed E-state index contributed by atoms with van der Waals surface area (Å²) in [6.45, 7) is 6.14. The van der Waals surface area contributed by atoms with Gasteiger partial charge in [-0.15, -0.1) is 0 Å². The molecule has 0 saturated carbocycles. The van der Waals surface area contributed by atoms with Crippen LogP contribution in [0.25, 0.3) is 0 Å². The lowest BCUT2D eigenvalue weighted by atomic mass is 10.2. The van der Waals surface area contributed by atoms with Crippen molar-refractivity contribution in [2.45, 2.75) is 33.4 Å². The summed E-state index contributed by atoms with van der Waals surface area (Å²) < 4.78 is 2.20. The lowest BCUT2D eigenvalue weighted by molar-refractivity contribution is 0.651. The molecule has 0 aliphatic carbocycles. The summed E-state index contributed by atoms with van der Waals surface area (Å²) in [4.78, 5) is 4.19. The molecule has 1 aromatic carbocycles. The Morgan fingerprint density at radius 1 is 1.35 bits per heavy atom. The summed E-state index contributed by atoms with van der Waals surface area (Å²) in [5.41, 5.74) is 3.67. The van der Waals surface area contributed by atoms with Crippen LogP contribution in [0, 0.1) is 6.92 Å². The van der Waals surface area contributed by atoms with Gasteiger partial charge in [0, 0.05) is 18.4 Å². The molecule has 0 aliphatic rings. The Labute approximate surface area is 103 Å². The number of aryl methyl sites for hydroxylation is 2. The van der Waals surface area contributed by atoms with E-state index in [0.717, 1.165) is 25.2 Å². The van der Waals surface area contributed by atoms with Crippen molar-refractivity contribution >= 4 is 5.69 Å². The average molecular weight is 229 g/mol. The number of benzene rings is 1. The van der Waals surface area contributed by atoms with E-state index in [1.54, 1.807) is 0 Å². The minimum absolute atomic E-state index is 0.823. The molecule has 1 aromatic heterocycles. The fraction of sp³-hybridized carbons (Fsp3) is 0.357. The van der Waals surface area contributed by atoms with Crippen molar-refractivity contribution in [1.82, 2.24) is 9.55 Å². The lowest BCUT2D eigenvalue weighted by Gasteiger charge is -2.09. The van der Waals surface area contributed by atoms with Crippen LogP contribution >= 0.6 is 0 Å². The first kappa shape index (κ1) is 11.7. The summed E-state index contributed by atoms with van der Waals surface area (Å²) in [6, 6.07) is 8.42. The minimum atomic E-state index is 0.823. The Bertz CT molecular complexity index is 474. The topological polar surface area (TPSA) is 29.9 Å². The first-order valence-electron chi connectivity index (χ1n) is 6.09.